The Morgan fingerprint density at radius 1 is 0.385 bits per heavy atom. The number of hydrogen-bond acceptors (Lipinski definition) is 1. The molecule has 0 saturated heterocycles. The SMILES string of the molecule is CC1(C)c2ccc(-c3cccc(-c4c5ccccc5c(-c5ccccc5)c5ccccc45)c3)cc2-c2c1ccc1c2sc2ccc3ccccc3c21. The monoisotopic (exact) mass is 678 g/mol. The molecule has 0 fully saturated rings. The van der Waals surface area contributed by atoms with Crippen LogP contribution in [0.3, 0.4) is 0 Å². The van der Waals surface area contributed by atoms with E-state index in [1.807, 2.05) is 11.3 Å². The first kappa shape index (κ1) is 29.7. The van der Waals surface area contributed by atoms with Crippen LogP contribution in [0.15, 0.2) is 170 Å². The molecule has 0 nitrogen and oxygen atoms in total. The Bertz CT molecular complexity index is 3030. The van der Waals surface area contributed by atoms with Crippen molar-refractivity contribution in [2.45, 2.75) is 19.3 Å². The second-order valence-electron chi connectivity index (χ2n) is 14.8. The molecule has 1 aliphatic rings. The fourth-order valence-electron chi connectivity index (χ4n) is 9.23. The molecule has 1 aromatic heterocycles. The summed E-state index contributed by atoms with van der Waals surface area (Å²) in [5.41, 5.74) is 13.1. The van der Waals surface area contributed by atoms with E-state index in [-0.39, 0.29) is 5.41 Å². The lowest BCUT2D eigenvalue weighted by Gasteiger charge is -2.21. The van der Waals surface area contributed by atoms with E-state index in [1.54, 1.807) is 0 Å². The van der Waals surface area contributed by atoms with E-state index >= 15 is 0 Å². The molecule has 9 aromatic carbocycles. The van der Waals surface area contributed by atoms with E-state index in [0.717, 1.165) is 0 Å². The van der Waals surface area contributed by atoms with Crippen LogP contribution in [0, 0.1) is 0 Å². The van der Waals surface area contributed by atoms with Crippen molar-refractivity contribution in [3.8, 4) is 44.5 Å². The standard InChI is InChI=1S/C51H34S/c1-51(2)43-26-23-34(30-42(43)49-44(51)27-25-41-48-36-18-7-6-13-31(36)24-28-45(48)52-50(41)49)33-16-12-17-35(29-33)47-39-21-10-8-19-37(39)46(32-14-4-3-5-15-32)38-20-9-11-22-40(38)47/h3-30H,1-2H3. The predicted molar refractivity (Wildman–Crippen MR) is 226 cm³/mol. The molecule has 0 aliphatic heterocycles. The summed E-state index contributed by atoms with van der Waals surface area (Å²) in [5.74, 6) is 0. The van der Waals surface area contributed by atoms with Gasteiger partial charge in [-0.15, -0.1) is 11.3 Å². The molecular weight excluding hydrogens is 645 g/mol. The second-order valence-corrected chi connectivity index (χ2v) is 15.9. The summed E-state index contributed by atoms with van der Waals surface area (Å²) < 4.78 is 2.76. The summed E-state index contributed by atoms with van der Waals surface area (Å²) in [6.07, 6.45) is 0. The van der Waals surface area contributed by atoms with E-state index in [0.29, 0.717) is 0 Å². The summed E-state index contributed by atoms with van der Waals surface area (Å²) in [6, 6.07) is 63.3. The molecular formula is C51H34S. The van der Waals surface area contributed by atoms with Crippen LogP contribution in [0.4, 0.5) is 0 Å². The molecule has 0 amide bonds. The van der Waals surface area contributed by atoms with Crippen LogP contribution in [0.2, 0.25) is 0 Å². The summed E-state index contributed by atoms with van der Waals surface area (Å²) in [7, 11) is 0. The van der Waals surface area contributed by atoms with E-state index in [9.17, 15) is 0 Å². The van der Waals surface area contributed by atoms with Gasteiger partial charge < -0.3 is 0 Å². The van der Waals surface area contributed by atoms with Gasteiger partial charge in [-0.1, -0.05) is 166 Å². The molecule has 0 radical (unpaired) electrons. The third-order valence-corrected chi connectivity index (χ3v) is 12.8. The van der Waals surface area contributed by atoms with Crippen molar-refractivity contribution in [2.75, 3.05) is 0 Å². The summed E-state index contributed by atoms with van der Waals surface area (Å²) in [4.78, 5) is 0. The highest BCUT2D eigenvalue weighted by atomic mass is 32.1. The molecule has 0 unspecified atom stereocenters. The smallest absolute Gasteiger partial charge is 0.0437 e. The lowest BCUT2D eigenvalue weighted by Crippen LogP contribution is -2.14. The minimum atomic E-state index is -0.0736. The largest absolute Gasteiger partial charge is 0.134 e. The quantitative estimate of drug-likeness (QED) is 0.163. The number of rotatable bonds is 3. The average Bonchev–Trinajstić information content (AvgIpc) is 3.69. The highest BCUT2D eigenvalue weighted by Crippen LogP contribution is 2.55. The molecule has 0 atom stereocenters. The van der Waals surface area contributed by atoms with Gasteiger partial charge in [0.15, 0.2) is 0 Å². The van der Waals surface area contributed by atoms with Gasteiger partial charge in [0, 0.05) is 31.2 Å². The number of fused-ring (bicyclic) bond motifs is 11. The summed E-state index contributed by atoms with van der Waals surface area (Å²) in [6.45, 7) is 4.78. The molecule has 244 valence electrons. The highest BCUT2D eigenvalue weighted by molar-refractivity contribution is 7.26. The van der Waals surface area contributed by atoms with Crippen molar-refractivity contribution in [1.82, 2.24) is 0 Å². The van der Waals surface area contributed by atoms with Gasteiger partial charge in [-0.05, 0) is 101 Å². The third-order valence-electron chi connectivity index (χ3n) is 11.6. The zero-order chi connectivity index (χ0) is 34.6. The Kier molecular flexibility index (Phi) is 6.27. The summed E-state index contributed by atoms with van der Waals surface area (Å²) >= 11 is 1.95. The van der Waals surface area contributed by atoms with Crippen molar-refractivity contribution in [3.63, 3.8) is 0 Å². The van der Waals surface area contributed by atoms with E-state index in [4.69, 9.17) is 0 Å². The molecule has 11 rings (SSSR count). The fraction of sp³-hybridized carbons (Fsp3) is 0.0588. The third kappa shape index (κ3) is 4.15. The van der Waals surface area contributed by atoms with Crippen LogP contribution in [-0.4, -0.2) is 0 Å². The number of thiophene rings is 1. The first-order valence-electron chi connectivity index (χ1n) is 18.2. The molecule has 10 aromatic rings. The van der Waals surface area contributed by atoms with Crippen molar-refractivity contribution in [2.24, 2.45) is 0 Å². The number of hydrogen-bond donors (Lipinski definition) is 0. The van der Waals surface area contributed by atoms with E-state index < -0.39 is 0 Å². The Hall–Kier alpha value is -6.02. The first-order chi connectivity index (χ1) is 25.6. The zero-order valence-electron chi connectivity index (χ0n) is 29.1. The lowest BCUT2D eigenvalue weighted by molar-refractivity contribution is 0.661. The van der Waals surface area contributed by atoms with Crippen LogP contribution in [-0.2, 0) is 5.41 Å². The van der Waals surface area contributed by atoms with Crippen molar-refractivity contribution in [3.05, 3.63) is 181 Å². The van der Waals surface area contributed by atoms with E-state index in [1.165, 1.54) is 108 Å². The van der Waals surface area contributed by atoms with Gasteiger partial charge in [-0.2, -0.15) is 0 Å². The second kappa shape index (κ2) is 11.0. The van der Waals surface area contributed by atoms with Crippen molar-refractivity contribution in [1.29, 1.82) is 0 Å². The molecule has 52 heavy (non-hydrogen) atoms. The average molecular weight is 679 g/mol. The van der Waals surface area contributed by atoms with Gasteiger partial charge in [-0.3, -0.25) is 0 Å². The maximum Gasteiger partial charge on any atom is 0.0437 e. The summed E-state index contributed by atoms with van der Waals surface area (Å²) in [5, 5.41) is 10.5. The van der Waals surface area contributed by atoms with Gasteiger partial charge in [-0.25, -0.2) is 0 Å². The van der Waals surface area contributed by atoms with Crippen LogP contribution in [0.1, 0.15) is 25.0 Å². The molecule has 1 aliphatic carbocycles. The van der Waals surface area contributed by atoms with Crippen LogP contribution in [0.5, 0.6) is 0 Å². The zero-order valence-corrected chi connectivity index (χ0v) is 29.9. The predicted octanol–water partition coefficient (Wildman–Crippen LogP) is 14.8. The van der Waals surface area contributed by atoms with Crippen molar-refractivity contribution >= 4 is 63.8 Å². The van der Waals surface area contributed by atoms with Crippen LogP contribution < -0.4 is 0 Å². The topological polar surface area (TPSA) is 0 Å². The minimum absolute atomic E-state index is 0.0736. The van der Waals surface area contributed by atoms with Crippen LogP contribution >= 0.6 is 11.3 Å². The Labute approximate surface area is 307 Å². The molecule has 0 spiro atoms. The Morgan fingerprint density at radius 3 is 1.69 bits per heavy atom. The highest BCUT2D eigenvalue weighted by Gasteiger charge is 2.37. The molecule has 0 N–H and O–H groups in total. The minimum Gasteiger partial charge on any atom is -0.134 e. The molecule has 1 heteroatoms. The first-order valence-corrected chi connectivity index (χ1v) is 19.0. The Balaban J connectivity index is 1.12. The van der Waals surface area contributed by atoms with E-state index in [2.05, 4.69) is 184 Å². The lowest BCUT2D eigenvalue weighted by atomic mass is 9.82. The van der Waals surface area contributed by atoms with Crippen molar-refractivity contribution < 1.29 is 0 Å². The Morgan fingerprint density at radius 2 is 0.962 bits per heavy atom. The van der Waals surface area contributed by atoms with Gasteiger partial charge in [0.25, 0.3) is 0 Å². The maximum absolute atomic E-state index is 2.47. The van der Waals surface area contributed by atoms with Gasteiger partial charge in [0.2, 0.25) is 0 Å². The molecule has 0 saturated carbocycles. The van der Waals surface area contributed by atoms with Gasteiger partial charge in [0.1, 0.15) is 0 Å². The fourth-order valence-corrected chi connectivity index (χ4v) is 10.5. The van der Waals surface area contributed by atoms with Gasteiger partial charge >= 0.3 is 0 Å². The normalized spacial score (nSPS) is 13.3. The number of benzene rings is 9. The molecule has 0 bridgehead atoms. The maximum atomic E-state index is 2.47. The van der Waals surface area contributed by atoms with Crippen LogP contribution in [0.25, 0.3) is 97.0 Å². The molecule has 1 heterocycles. The van der Waals surface area contributed by atoms with Gasteiger partial charge in [0.05, 0.1) is 0 Å².